The molecular weight excluding hydrogens is 379 g/mol. The van der Waals surface area contributed by atoms with Crippen LogP contribution in [0, 0.1) is 5.92 Å². The molecule has 20 heavy (non-hydrogen) atoms. The number of nitrogens with one attached hydrogen (secondary N) is 1. The average Bonchev–Trinajstić information content (AvgIpc) is 2.77. The van der Waals surface area contributed by atoms with Crippen LogP contribution in [0.3, 0.4) is 0 Å². The van der Waals surface area contributed by atoms with Crippen molar-refractivity contribution in [3.8, 4) is 0 Å². The maximum Gasteiger partial charge on any atom is 0.0701 e. The Morgan fingerprint density at radius 3 is 2.35 bits per heavy atom. The van der Waals surface area contributed by atoms with Crippen molar-refractivity contribution in [3.63, 3.8) is 0 Å². The molecule has 0 saturated carbocycles. The Labute approximate surface area is 147 Å². The lowest BCUT2D eigenvalue weighted by Crippen LogP contribution is -2.45. The predicted molar refractivity (Wildman–Crippen MR) is 97.8 cm³/mol. The van der Waals surface area contributed by atoms with Gasteiger partial charge in [0.05, 0.1) is 3.79 Å². The van der Waals surface area contributed by atoms with Gasteiger partial charge in [-0.25, -0.2) is 0 Å². The molecule has 1 atom stereocenters. The molecule has 0 amide bonds. The van der Waals surface area contributed by atoms with E-state index in [1.54, 1.807) is 0 Å². The number of halogens is 3. The third-order valence-corrected chi connectivity index (χ3v) is 5.26. The van der Waals surface area contributed by atoms with Gasteiger partial charge in [0.2, 0.25) is 0 Å². The van der Waals surface area contributed by atoms with Crippen LogP contribution >= 0.6 is 52.1 Å². The maximum atomic E-state index is 3.59. The predicted octanol–water partition coefficient (Wildman–Crippen LogP) is 4.74. The van der Waals surface area contributed by atoms with E-state index in [1.807, 2.05) is 11.3 Å². The van der Waals surface area contributed by atoms with E-state index in [0.29, 0.717) is 6.04 Å². The summed E-state index contributed by atoms with van der Waals surface area (Å²) in [7, 11) is 0. The lowest BCUT2D eigenvalue weighted by Gasteiger charge is -2.34. The molecule has 0 aromatic carbocycles. The first-order valence-corrected chi connectivity index (χ1v) is 8.48. The molecule has 0 unspecified atom stereocenters. The van der Waals surface area contributed by atoms with Crippen LogP contribution in [0.25, 0.3) is 0 Å². The van der Waals surface area contributed by atoms with E-state index < -0.39 is 0 Å². The van der Waals surface area contributed by atoms with Crippen molar-refractivity contribution < 1.29 is 0 Å². The topological polar surface area (TPSA) is 15.3 Å². The molecule has 1 saturated heterocycles. The highest BCUT2D eigenvalue weighted by atomic mass is 79.9. The highest BCUT2D eigenvalue weighted by Crippen LogP contribution is 2.34. The maximum absolute atomic E-state index is 3.59. The average molecular weight is 404 g/mol. The Hall–Kier alpha value is 0.680. The van der Waals surface area contributed by atoms with Crippen molar-refractivity contribution in [3.05, 3.63) is 20.8 Å². The van der Waals surface area contributed by atoms with Crippen molar-refractivity contribution in [2.45, 2.75) is 32.7 Å². The van der Waals surface area contributed by atoms with Gasteiger partial charge in [-0.05, 0) is 46.8 Å². The molecule has 1 N–H and O–H groups in total. The first-order chi connectivity index (χ1) is 8.66. The second-order valence-electron chi connectivity index (χ2n) is 5.41. The van der Waals surface area contributed by atoms with Gasteiger partial charge in [-0.3, -0.25) is 4.90 Å². The number of hydrogen-bond acceptors (Lipinski definition) is 3. The minimum Gasteiger partial charge on any atom is -0.314 e. The summed E-state index contributed by atoms with van der Waals surface area (Å²) in [5.74, 6) is 0.791. The second kappa shape index (κ2) is 10.4. The van der Waals surface area contributed by atoms with Crippen LogP contribution in [0.5, 0.6) is 0 Å². The van der Waals surface area contributed by atoms with Gasteiger partial charge in [-0.1, -0.05) is 13.8 Å². The molecule has 1 aliphatic rings. The SMILES string of the molecule is CC(C)CC[C@@H](c1ccc(Br)s1)N1CCNCC1.Cl.Cl. The summed E-state index contributed by atoms with van der Waals surface area (Å²) in [4.78, 5) is 4.17. The second-order valence-corrected chi connectivity index (χ2v) is 7.91. The van der Waals surface area contributed by atoms with Crippen molar-refractivity contribution in [1.29, 1.82) is 0 Å². The summed E-state index contributed by atoms with van der Waals surface area (Å²) in [6, 6.07) is 5.10. The number of rotatable bonds is 5. The Balaban J connectivity index is 0.00000180. The highest BCUT2D eigenvalue weighted by molar-refractivity contribution is 9.11. The molecule has 0 spiro atoms. The summed E-state index contributed by atoms with van der Waals surface area (Å²) in [6.07, 6.45) is 2.59. The molecule has 2 nitrogen and oxygen atoms in total. The van der Waals surface area contributed by atoms with E-state index in [-0.39, 0.29) is 24.8 Å². The summed E-state index contributed by atoms with van der Waals surface area (Å²) >= 11 is 5.49. The lowest BCUT2D eigenvalue weighted by atomic mass is 10.0. The zero-order valence-corrected chi connectivity index (χ0v) is 16.1. The Kier molecular flexibility index (Phi) is 10.8. The normalized spacial score (nSPS) is 17.4. The summed E-state index contributed by atoms with van der Waals surface area (Å²) in [5, 5.41) is 3.44. The molecule has 118 valence electrons. The third kappa shape index (κ3) is 6.20. The smallest absolute Gasteiger partial charge is 0.0701 e. The monoisotopic (exact) mass is 402 g/mol. The van der Waals surface area contributed by atoms with Crippen LogP contribution in [-0.4, -0.2) is 31.1 Å². The molecule has 2 rings (SSSR count). The Bertz CT molecular complexity index is 368. The van der Waals surface area contributed by atoms with Crippen LogP contribution in [0.2, 0.25) is 0 Å². The molecule has 1 aliphatic heterocycles. The first-order valence-electron chi connectivity index (χ1n) is 6.87. The number of piperazine rings is 1. The third-order valence-electron chi connectivity index (χ3n) is 3.53. The van der Waals surface area contributed by atoms with Crippen molar-refractivity contribution in [2.24, 2.45) is 5.92 Å². The van der Waals surface area contributed by atoms with Crippen LogP contribution in [0.15, 0.2) is 15.9 Å². The molecule has 1 aromatic rings. The summed E-state index contributed by atoms with van der Waals surface area (Å²) in [6.45, 7) is 9.25. The van der Waals surface area contributed by atoms with Crippen LogP contribution in [0.1, 0.15) is 37.6 Å². The molecule has 2 heterocycles. The van der Waals surface area contributed by atoms with Gasteiger partial charge in [-0.2, -0.15) is 0 Å². The van der Waals surface area contributed by atoms with E-state index in [9.17, 15) is 0 Å². The zero-order chi connectivity index (χ0) is 13.0. The van der Waals surface area contributed by atoms with Gasteiger partial charge in [-0.15, -0.1) is 36.2 Å². The molecule has 0 bridgehead atoms. The van der Waals surface area contributed by atoms with Gasteiger partial charge >= 0.3 is 0 Å². The molecule has 6 heteroatoms. The molecule has 0 aliphatic carbocycles. The fourth-order valence-corrected chi connectivity index (χ4v) is 4.09. The van der Waals surface area contributed by atoms with Gasteiger partial charge in [0.15, 0.2) is 0 Å². The standard InChI is InChI=1S/C14H23BrN2S.2ClH/c1-11(2)3-4-12(13-5-6-14(15)18-13)17-9-7-16-8-10-17;;/h5-6,11-12,16H,3-4,7-10H2,1-2H3;2*1H/t12-;;/m0../s1. The van der Waals surface area contributed by atoms with Crippen molar-refractivity contribution >= 4 is 52.1 Å². The Morgan fingerprint density at radius 1 is 1.20 bits per heavy atom. The lowest BCUT2D eigenvalue weighted by molar-refractivity contribution is 0.162. The number of nitrogens with zero attached hydrogens (tertiary/aromatic N) is 1. The van der Waals surface area contributed by atoms with Crippen molar-refractivity contribution in [2.75, 3.05) is 26.2 Å². The van der Waals surface area contributed by atoms with E-state index >= 15 is 0 Å². The minimum absolute atomic E-state index is 0. The molecule has 0 radical (unpaired) electrons. The minimum atomic E-state index is 0. The molecule has 1 fully saturated rings. The van der Waals surface area contributed by atoms with Crippen LogP contribution in [-0.2, 0) is 0 Å². The van der Waals surface area contributed by atoms with E-state index in [4.69, 9.17) is 0 Å². The van der Waals surface area contributed by atoms with Gasteiger partial charge in [0.1, 0.15) is 0 Å². The summed E-state index contributed by atoms with van der Waals surface area (Å²) in [5.41, 5.74) is 0. The Morgan fingerprint density at radius 2 is 1.85 bits per heavy atom. The first kappa shape index (κ1) is 20.7. The number of hydrogen-bond donors (Lipinski definition) is 1. The van der Waals surface area contributed by atoms with E-state index in [0.717, 1.165) is 19.0 Å². The summed E-state index contributed by atoms with van der Waals surface area (Å²) < 4.78 is 1.25. The quantitative estimate of drug-likeness (QED) is 0.763. The van der Waals surface area contributed by atoms with Crippen molar-refractivity contribution in [1.82, 2.24) is 10.2 Å². The van der Waals surface area contributed by atoms with Crippen LogP contribution in [0.4, 0.5) is 0 Å². The fourth-order valence-electron chi connectivity index (χ4n) is 2.50. The molecule has 1 aromatic heterocycles. The number of thiophene rings is 1. The van der Waals surface area contributed by atoms with E-state index in [1.165, 1.54) is 34.6 Å². The van der Waals surface area contributed by atoms with Crippen LogP contribution < -0.4 is 5.32 Å². The van der Waals surface area contributed by atoms with E-state index in [2.05, 4.69) is 52.1 Å². The van der Waals surface area contributed by atoms with Gasteiger partial charge < -0.3 is 5.32 Å². The fraction of sp³-hybridized carbons (Fsp3) is 0.714. The van der Waals surface area contributed by atoms with Gasteiger partial charge in [0.25, 0.3) is 0 Å². The zero-order valence-electron chi connectivity index (χ0n) is 12.1. The van der Waals surface area contributed by atoms with Gasteiger partial charge in [0, 0.05) is 37.1 Å². The highest BCUT2D eigenvalue weighted by Gasteiger charge is 2.23. The molecular formula is C14H25BrCl2N2S. The largest absolute Gasteiger partial charge is 0.314 e.